The van der Waals surface area contributed by atoms with E-state index in [1.807, 2.05) is 34.6 Å². The molecule has 116 valence electrons. The van der Waals surface area contributed by atoms with Crippen molar-refractivity contribution in [3.63, 3.8) is 0 Å². The molecule has 0 N–H and O–H groups in total. The molecule has 1 aromatic heterocycles. The SMILES string of the molecule is Cc1nc(C)c(C(=O)N2CCC[C@@H]2C(=O)OC(C)(C)C)s1. The molecule has 1 aromatic rings. The fourth-order valence-corrected chi connectivity index (χ4v) is 3.36. The number of nitrogens with zero attached hydrogens (tertiary/aromatic N) is 2. The highest BCUT2D eigenvalue weighted by molar-refractivity contribution is 7.13. The van der Waals surface area contributed by atoms with Crippen molar-refractivity contribution < 1.29 is 14.3 Å². The van der Waals surface area contributed by atoms with Gasteiger partial charge in [0.15, 0.2) is 0 Å². The number of hydrogen-bond acceptors (Lipinski definition) is 5. The number of aryl methyl sites for hydroxylation is 2. The number of thiazole rings is 1. The summed E-state index contributed by atoms with van der Waals surface area (Å²) in [4.78, 5) is 31.5. The number of carbonyl (C=O) groups excluding carboxylic acids is 2. The van der Waals surface area contributed by atoms with Gasteiger partial charge in [0.2, 0.25) is 0 Å². The predicted molar refractivity (Wildman–Crippen MR) is 81.5 cm³/mol. The first-order chi connectivity index (χ1) is 9.69. The number of aromatic nitrogens is 1. The Morgan fingerprint density at radius 2 is 2.00 bits per heavy atom. The molecular formula is C15H22N2O3S. The first-order valence-electron chi connectivity index (χ1n) is 7.17. The molecule has 1 atom stereocenters. The van der Waals surface area contributed by atoms with Crippen molar-refractivity contribution in [2.75, 3.05) is 6.54 Å². The molecule has 1 aliphatic rings. The number of amides is 1. The normalized spacial score (nSPS) is 18.9. The van der Waals surface area contributed by atoms with Gasteiger partial charge in [-0.2, -0.15) is 0 Å². The maximum absolute atomic E-state index is 12.7. The lowest BCUT2D eigenvalue weighted by molar-refractivity contribution is -0.159. The predicted octanol–water partition coefficient (Wildman–Crippen LogP) is 2.71. The van der Waals surface area contributed by atoms with Gasteiger partial charge < -0.3 is 9.64 Å². The lowest BCUT2D eigenvalue weighted by Crippen LogP contribution is -2.43. The van der Waals surface area contributed by atoms with Gasteiger partial charge in [0.05, 0.1) is 10.7 Å². The van der Waals surface area contributed by atoms with Crippen LogP contribution in [0.3, 0.4) is 0 Å². The Kier molecular flexibility index (Phi) is 4.37. The van der Waals surface area contributed by atoms with Gasteiger partial charge in [-0.05, 0) is 47.5 Å². The molecule has 5 nitrogen and oxygen atoms in total. The van der Waals surface area contributed by atoms with Crippen LogP contribution < -0.4 is 0 Å². The molecule has 1 amide bonds. The molecule has 0 saturated carbocycles. The second-order valence-corrected chi connectivity index (χ2v) is 7.54. The number of carbonyl (C=O) groups is 2. The summed E-state index contributed by atoms with van der Waals surface area (Å²) in [7, 11) is 0. The van der Waals surface area contributed by atoms with E-state index in [0.29, 0.717) is 17.8 Å². The van der Waals surface area contributed by atoms with Gasteiger partial charge in [-0.15, -0.1) is 11.3 Å². The third-order valence-electron chi connectivity index (χ3n) is 3.29. The number of esters is 1. The van der Waals surface area contributed by atoms with E-state index in [4.69, 9.17) is 4.74 Å². The molecule has 0 aromatic carbocycles. The Morgan fingerprint density at radius 1 is 1.33 bits per heavy atom. The van der Waals surface area contributed by atoms with Gasteiger partial charge in [-0.3, -0.25) is 4.79 Å². The van der Waals surface area contributed by atoms with Crippen molar-refractivity contribution in [2.24, 2.45) is 0 Å². The van der Waals surface area contributed by atoms with Gasteiger partial charge in [0, 0.05) is 6.54 Å². The number of rotatable bonds is 2. The van der Waals surface area contributed by atoms with Crippen LogP contribution in [0.2, 0.25) is 0 Å². The zero-order valence-corrected chi connectivity index (χ0v) is 14.0. The fraction of sp³-hybridized carbons (Fsp3) is 0.667. The minimum absolute atomic E-state index is 0.105. The zero-order chi connectivity index (χ0) is 15.8. The molecule has 6 heteroatoms. The smallest absolute Gasteiger partial charge is 0.329 e. The Labute approximate surface area is 129 Å². The molecule has 1 saturated heterocycles. The summed E-state index contributed by atoms with van der Waals surface area (Å²) in [6.07, 6.45) is 1.49. The highest BCUT2D eigenvalue weighted by Gasteiger charge is 2.38. The minimum Gasteiger partial charge on any atom is -0.458 e. The Balaban J connectivity index is 2.17. The highest BCUT2D eigenvalue weighted by Crippen LogP contribution is 2.26. The molecule has 0 aliphatic carbocycles. The third-order valence-corrected chi connectivity index (χ3v) is 4.35. The number of ether oxygens (including phenoxy) is 1. The van der Waals surface area contributed by atoms with E-state index in [0.717, 1.165) is 17.1 Å². The molecule has 1 fully saturated rings. The second-order valence-electron chi connectivity index (χ2n) is 6.34. The molecule has 2 rings (SSSR count). The van der Waals surface area contributed by atoms with Crippen LogP contribution in [-0.4, -0.2) is 39.9 Å². The van der Waals surface area contributed by atoms with Gasteiger partial charge in [0.25, 0.3) is 5.91 Å². The van der Waals surface area contributed by atoms with Crippen LogP contribution in [0.5, 0.6) is 0 Å². The van der Waals surface area contributed by atoms with Crippen molar-refractivity contribution >= 4 is 23.2 Å². The summed E-state index contributed by atoms with van der Waals surface area (Å²) < 4.78 is 5.43. The molecule has 0 bridgehead atoms. The molecule has 2 heterocycles. The van der Waals surface area contributed by atoms with Crippen LogP contribution in [0.25, 0.3) is 0 Å². The van der Waals surface area contributed by atoms with Gasteiger partial charge in [0.1, 0.15) is 16.5 Å². The minimum atomic E-state index is -0.536. The maximum Gasteiger partial charge on any atom is 0.329 e. The fourth-order valence-electron chi connectivity index (χ4n) is 2.48. The average Bonchev–Trinajstić information content (AvgIpc) is 2.92. The zero-order valence-electron chi connectivity index (χ0n) is 13.2. The van der Waals surface area contributed by atoms with Crippen molar-refractivity contribution in [1.82, 2.24) is 9.88 Å². The third kappa shape index (κ3) is 3.61. The topological polar surface area (TPSA) is 59.5 Å². The monoisotopic (exact) mass is 310 g/mol. The lowest BCUT2D eigenvalue weighted by atomic mass is 10.1. The highest BCUT2D eigenvalue weighted by atomic mass is 32.1. The van der Waals surface area contributed by atoms with Crippen molar-refractivity contribution in [1.29, 1.82) is 0 Å². The van der Waals surface area contributed by atoms with Crippen LogP contribution in [0.1, 0.15) is 54.0 Å². The first-order valence-corrected chi connectivity index (χ1v) is 7.98. The van der Waals surface area contributed by atoms with E-state index in [-0.39, 0.29) is 11.9 Å². The van der Waals surface area contributed by atoms with Gasteiger partial charge >= 0.3 is 5.97 Å². The summed E-state index contributed by atoms with van der Waals surface area (Å²) in [5, 5.41) is 0.865. The van der Waals surface area contributed by atoms with Crippen LogP contribution >= 0.6 is 11.3 Å². The van der Waals surface area contributed by atoms with Crippen molar-refractivity contribution in [3.8, 4) is 0 Å². The van der Waals surface area contributed by atoms with Gasteiger partial charge in [-0.1, -0.05) is 0 Å². The standard InChI is InChI=1S/C15H22N2O3S/c1-9-12(21-10(2)16-9)13(18)17-8-6-7-11(17)14(19)20-15(3,4)5/h11H,6-8H2,1-5H3/t11-/m1/s1. The average molecular weight is 310 g/mol. The Morgan fingerprint density at radius 3 is 2.52 bits per heavy atom. The summed E-state index contributed by atoms with van der Waals surface area (Å²) >= 11 is 1.38. The van der Waals surface area contributed by atoms with E-state index in [2.05, 4.69) is 4.98 Å². The van der Waals surface area contributed by atoms with Crippen LogP contribution in [0.4, 0.5) is 0 Å². The summed E-state index contributed by atoms with van der Waals surface area (Å²) in [5.41, 5.74) is 0.197. The van der Waals surface area contributed by atoms with Crippen LogP contribution in [-0.2, 0) is 9.53 Å². The van der Waals surface area contributed by atoms with E-state index in [1.54, 1.807) is 4.90 Å². The van der Waals surface area contributed by atoms with E-state index < -0.39 is 11.6 Å². The van der Waals surface area contributed by atoms with Crippen LogP contribution in [0, 0.1) is 13.8 Å². The summed E-state index contributed by atoms with van der Waals surface area (Å²) in [6, 6.07) is -0.474. The molecule has 0 unspecified atom stereocenters. The quantitative estimate of drug-likeness (QED) is 0.788. The Hall–Kier alpha value is -1.43. The largest absolute Gasteiger partial charge is 0.458 e. The van der Waals surface area contributed by atoms with E-state index in [9.17, 15) is 9.59 Å². The van der Waals surface area contributed by atoms with Crippen LogP contribution in [0.15, 0.2) is 0 Å². The second kappa shape index (κ2) is 5.75. The molecule has 1 aliphatic heterocycles. The first kappa shape index (κ1) is 15.9. The van der Waals surface area contributed by atoms with Gasteiger partial charge in [-0.25, -0.2) is 9.78 Å². The van der Waals surface area contributed by atoms with E-state index >= 15 is 0 Å². The molecule has 0 radical (unpaired) electrons. The molecule has 0 spiro atoms. The molecule has 21 heavy (non-hydrogen) atoms. The summed E-state index contributed by atoms with van der Waals surface area (Å²) in [6.45, 7) is 9.81. The maximum atomic E-state index is 12.7. The Bertz CT molecular complexity index is 560. The van der Waals surface area contributed by atoms with Crippen molar-refractivity contribution in [2.45, 2.75) is 59.1 Å². The number of likely N-dealkylation sites (tertiary alicyclic amines) is 1. The van der Waals surface area contributed by atoms with E-state index in [1.165, 1.54) is 11.3 Å². The summed E-state index contributed by atoms with van der Waals surface area (Å²) in [5.74, 6) is -0.418. The molecular weight excluding hydrogens is 288 g/mol. The lowest BCUT2D eigenvalue weighted by Gasteiger charge is -2.27. The van der Waals surface area contributed by atoms with Crippen molar-refractivity contribution in [3.05, 3.63) is 15.6 Å². The number of hydrogen-bond donors (Lipinski definition) is 0.